The van der Waals surface area contributed by atoms with Crippen LogP contribution in [-0.4, -0.2) is 0 Å². The van der Waals surface area contributed by atoms with E-state index in [1.165, 1.54) is 11.3 Å². The first-order chi connectivity index (χ1) is 10.1. The van der Waals surface area contributed by atoms with Crippen LogP contribution in [0.4, 0.5) is 5.69 Å². The minimum atomic E-state index is -0.173. The monoisotopic (exact) mass is 357 g/mol. The summed E-state index contributed by atoms with van der Waals surface area (Å²) in [6, 6.07) is 12.7. The molecule has 1 unspecified atom stereocenters. The van der Waals surface area contributed by atoms with Crippen LogP contribution in [0.15, 0.2) is 53.1 Å². The third kappa shape index (κ3) is 3.38. The van der Waals surface area contributed by atoms with E-state index >= 15 is 0 Å². The first kappa shape index (κ1) is 14.8. The smallest absolute Gasteiger partial charge is 0.131 e. The normalized spacial score (nSPS) is 12.3. The molecule has 1 aromatic carbocycles. The molecule has 2 aromatic heterocycles. The van der Waals surface area contributed by atoms with Gasteiger partial charge < -0.3 is 9.73 Å². The number of thiophene rings is 1. The fourth-order valence-corrected chi connectivity index (χ4v) is 3.45. The fourth-order valence-electron chi connectivity index (χ4n) is 1.99. The maximum Gasteiger partial charge on any atom is 0.131 e. The average Bonchev–Trinajstić information content (AvgIpc) is 3.11. The number of rotatable bonds is 4. The Kier molecular flexibility index (Phi) is 4.45. The van der Waals surface area contributed by atoms with Gasteiger partial charge in [0.05, 0.1) is 21.3 Å². The van der Waals surface area contributed by atoms with Crippen molar-refractivity contribution in [1.82, 2.24) is 0 Å². The molecular weight excluding hydrogens is 349 g/mol. The predicted octanol–water partition coefficient (Wildman–Crippen LogP) is 6.50. The Morgan fingerprint density at radius 3 is 2.57 bits per heavy atom. The third-order valence-corrected chi connectivity index (χ3v) is 4.80. The second-order valence-electron chi connectivity index (χ2n) is 4.36. The Bertz CT molecular complexity index is 739. The van der Waals surface area contributed by atoms with Gasteiger partial charge in [-0.05, 0) is 42.5 Å². The molecule has 0 saturated heterocycles. The zero-order chi connectivity index (χ0) is 14.8. The van der Waals surface area contributed by atoms with Gasteiger partial charge in [0, 0.05) is 9.90 Å². The van der Waals surface area contributed by atoms with Gasteiger partial charge in [-0.1, -0.05) is 34.8 Å². The van der Waals surface area contributed by atoms with Gasteiger partial charge in [0.2, 0.25) is 0 Å². The SMILES string of the molecule is Clc1ccc(Cl)c(NC(c2ccco2)c2ccc(Cl)s2)c1. The van der Waals surface area contributed by atoms with Crippen molar-refractivity contribution in [2.24, 2.45) is 0 Å². The number of nitrogens with one attached hydrogen (secondary N) is 1. The summed E-state index contributed by atoms with van der Waals surface area (Å²) < 4.78 is 6.25. The summed E-state index contributed by atoms with van der Waals surface area (Å²) in [5.41, 5.74) is 0.745. The molecule has 0 amide bonds. The number of hydrogen-bond donors (Lipinski definition) is 1. The van der Waals surface area contributed by atoms with Crippen molar-refractivity contribution in [2.75, 3.05) is 5.32 Å². The van der Waals surface area contributed by atoms with E-state index in [4.69, 9.17) is 39.2 Å². The molecule has 3 rings (SSSR count). The van der Waals surface area contributed by atoms with Crippen LogP contribution < -0.4 is 5.32 Å². The van der Waals surface area contributed by atoms with E-state index in [1.807, 2.05) is 24.3 Å². The van der Waals surface area contributed by atoms with Gasteiger partial charge in [-0.25, -0.2) is 0 Å². The van der Waals surface area contributed by atoms with Gasteiger partial charge in [-0.15, -0.1) is 11.3 Å². The van der Waals surface area contributed by atoms with Crippen molar-refractivity contribution in [1.29, 1.82) is 0 Å². The lowest BCUT2D eigenvalue weighted by Gasteiger charge is -2.17. The van der Waals surface area contributed by atoms with E-state index in [0.717, 1.165) is 20.7 Å². The van der Waals surface area contributed by atoms with Gasteiger partial charge in [-0.2, -0.15) is 0 Å². The first-order valence-corrected chi connectivity index (χ1v) is 8.09. The zero-order valence-electron chi connectivity index (χ0n) is 10.6. The molecule has 0 bridgehead atoms. The molecule has 108 valence electrons. The molecule has 0 fully saturated rings. The molecule has 21 heavy (non-hydrogen) atoms. The highest BCUT2D eigenvalue weighted by molar-refractivity contribution is 7.16. The second-order valence-corrected chi connectivity index (χ2v) is 6.95. The van der Waals surface area contributed by atoms with E-state index < -0.39 is 0 Å². The van der Waals surface area contributed by atoms with Crippen LogP contribution in [0.2, 0.25) is 14.4 Å². The molecule has 0 spiro atoms. The van der Waals surface area contributed by atoms with Gasteiger partial charge >= 0.3 is 0 Å². The van der Waals surface area contributed by atoms with Crippen molar-refractivity contribution in [3.63, 3.8) is 0 Å². The van der Waals surface area contributed by atoms with Gasteiger partial charge in [0.25, 0.3) is 0 Å². The number of anilines is 1. The maximum absolute atomic E-state index is 6.22. The minimum Gasteiger partial charge on any atom is -0.467 e. The van der Waals surface area contributed by atoms with Crippen LogP contribution in [-0.2, 0) is 0 Å². The van der Waals surface area contributed by atoms with Crippen LogP contribution in [0, 0.1) is 0 Å². The Labute approximate surface area is 141 Å². The molecule has 6 heteroatoms. The van der Waals surface area contributed by atoms with E-state index in [1.54, 1.807) is 24.5 Å². The second kappa shape index (κ2) is 6.32. The number of hydrogen-bond acceptors (Lipinski definition) is 3. The molecule has 0 aliphatic carbocycles. The lowest BCUT2D eigenvalue weighted by Crippen LogP contribution is -2.10. The van der Waals surface area contributed by atoms with Gasteiger partial charge in [-0.3, -0.25) is 0 Å². The number of furan rings is 1. The molecule has 0 saturated carbocycles. The lowest BCUT2D eigenvalue weighted by atomic mass is 10.1. The molecule has 1 N–H and O–H groups in total. The predicted molar refractivity (Wildman–Crippen MR) is 90.0 cm³/mol. The van der Waals surface area contributed by atoms with E-state index in [0.29, 0.717) is 10.0 Å². The number of benzene rings is 1. The zero-order valence-corrected chi connectivity index (χ0v) is 13.7. The summed E-state index contributed by atoms with van der Waals surface area (Å²) in [4.78, 5) is 1.03. The van der Waals surface area contributed by atoms with Crippen molar-refractivity contribution in [2.45, 2.75) is 6.04 Å². The summed E-state index contributed by atoms with van der Waals surface area (Å²) in [7, 11) is 0. The summed E-state index contributed by atoms with van der Waals surface area (Å²) in [6.45, 7) is 0. The van der Waals surface area contributed by atoms with Crippen molar-refractivity contribution >= 4 is 51.8 Å². The molecule has 0 aliphatic rings. The molecule has 3 aromatic rings. The fraction of sp³-hybridized carbons (Fsp3) is 0.0667. The highest BCUT2D eigenvalue weighted by Crippen LogP contribution is 2.36. The first-order valence-electron chi connectivity index (χ1n) is 6.14. The van der Waals surface area contributed by atoms with E-state index in [2.05, 4.69) is 5.32 Å². The Morgan fingerprint density at radius 2 is 1.90 bits per heavy atom. The number of halogens is 3. The van der Waals surface area contributed by atoms with Crippen LogP contribution in [0.3, 0.4) is 0 Å². The van der Waals surface area contributed by atoms with E-state index in [-0.39, 0.29) is 6.04 Å². The third-order valence-electron chi connectivity index (χ3n) is 2.93. The molecule has 0 aliphatic heterocycles. The lowest BCUT2D eigenvalue weighted by molar-refractivity contribution is 0.501. The van der Waals surface area contributed by atoms with Crippen LogP contribution in [0.5, 0.6) is 0 Å². The Balaban J connectivity index is 1.98. The van der Waals surface area contributed by atoms with Crippen molar-refractivity contribution < 1.29 is 4.42 Å². The highest BCUT2D eigenvalue weighted by atomic mass is 35.5. The largest absolute Gasteiger partial charge is 0.467 e. The summed E-state index contributed by atoms with van der Waals surface area (Å²) in [5, 5.41) is 4.57. The van der Waals surface area contributed by atoms with Gasteiger partial charge in [0.1, 0.15) is 11.8 Å². The highest BCUT2D eigenvalue weighted by Gasteiger charge is 2.20. The molecule has 1 atom stereocenters. The molecule has 2 heterocycles. The standard InChI is InChI=1S/C15H10Cl3NOS/c16-9-3-4-10(17)11(8-9)19-15(12-2-1-7-20-12)13-5-6-14(18)21-13/h1-8,15,19H. The van der Waals surface area contributed by atoms with Crippen molar-refractivity contribution in [3.8, 4) is 0 Å². The Morgan fingerprint density at radius 1 is 1.05 bits per heavy atom. The summed E-state index contributed by atoms with van der Waals surface area (Å²) in [5.74, 6) is 0.782. The topological polar surface area (TPSA) is 25.2 Å². The van der Waals surface area contributed by atoms with Crippen LogP contribution in [0.25, 0.3) is 0 Å². The minimum absolute atomic E-state index is 0.173. The van der Waals surface area contributed by atoms with Gasteiger partial charge in [0.15, 0.2) is 0 Å². The van der Waals surface area contributed by atoms with E-state index in [9.17, 15) is 0 Å². The molecule has 0 radical (unpaired) electrons. The maximum atomic E-state index is 6.22. The van der Waals surface area contributed by atoms with Crippen LogP contribution >= 0.6 is 46.1 Å². The molecular formula is C15H10Cl3NOS. The summed E-state index contributed by atoms with van der Waals surface area (Å²) >= 11 is 19.8. The van der Waals surface area contributed by atoms with Crippen molar-refractivity contribution in [3.05, 3.63) is 73.7 Å². The Hall–Kier alpha value is -1.13. The summed E-state index contributed by atoms with van der Waals surface area (Å²) in [6.07, 6.45) is 1.64. The quantitative estimate of drug-likeness (QED) is 0.575. The van der Waals surface area contributed by atoms with Crippen LogP contribution in [0.1, 0.15) is 16.7 Å². The average molecular weight is 359 g/mol. The molecule has 2 nitrogen and oxygen atoms in total.